The van der Waals surface area contributed by atoms with Gasteiger partial charge in [0.15, 0.2) is 0 Å². The summed E-state index contributed by atoms with van der Waals surface area (Å²) in [4.78, 5) is 14.0. The Labute approximate surface area is 153 Å². The largest absolute Gasteiger partial charge is 0.467 e. The molecule has 1 aromatic carbocycles. The zero-order valence-electron chi connectivity index (χ0n) is 13.2. The van der Waals surface area contributed by atoms with Gasteiger partial charge in [-0.2, -0.15) is 0 Å². The van der Waals surface area contributed by atoms with Crippen molar-refractivity contribution < 1.29 is 9.21 Å². The first-order valence-electron chi connectivity index (χ1n) is 7.77. The van der Waals surface area contributed by atoms with Crippen LogP contribution < -0.4 is 0 Å². The predicted octanol–water partition coefficient (Wildman–Crippen LogP) is 3.35. The number of aromatic nitrogens is 3. The first-order chi connectivity index (χ1) is 12.2. The second-order valence-corrected chi connectivity index (χ2v) is 7.24. The Hall–Kier alpha value is -2.25. The molecule has 0 spiro atoms. The number of thioether (sulfide) groups is 1. The number of nitrogens with zero attached hydrogens (tertiary/aromatic N) is 4. The Bertz CT molecular complexity index is 880. The van der Waals surface area contributed by atoms with Crippen molar-refractivity contribution in [3.63, 3.8) is 0 Å². The van der Waals surface area contributed by atoms with Gasteiger partial charge < -0.3 is 9.32 Å². The maximum atomic E-state index is 12.2. The Kier molecular flexibility index (Phi) is 4.50. The third-order valence-corrected chi connectivity index (χ3v) is 5.38. The molecule has 1 aliphatic rings. The van der Waals surface area contributed by atoms with Gasteiger partial charge in [0, 0.05) is 5.02 Å². The Balaban J connectivity index is 1.51. The van der Waals surface area contributed by atoms with Crippen LogP contribution in [0.2, 0.25) is 5.02 Å². The topological polar surface area (TPSA) is 64.2 Å². The smallest absolute Gasteiger partial charge is 0.234 e. The molecule has 2 aromatic heterocycles. The van der Waals surface area contributed by atoms with E-state index in [2.05, 4.69) is 10.3 Å². The average molecular weight is 375 g/mol. The van der Waals surface area contributed by atoms with Crippen LogP contribution in [0.1, 0.15) is 22.4 Å². The minimum absolute atomic E-state index is 0.0794. The summed E-state index contributed by atoms with van der Waals surface area (Å²) >= 11 is 7.57. The first kappa shape index (κ1) is 16.2. The molecule has 1 fully saturated rings. The number of amides is 1. The Morgan fingerprint density at radius 3 is 3.00 bits per heavy atom. The van der Waals surface area contributed by atoms with Crippen molar-refractivity contribution in [1.29, 1.82) is 0 Å². The standard InChI is InChI=1S/C17H15ClN4O2S/c18-13-4-1-3-12(7-13)8-21-10-15(19-20-21)17-22(16(23)11-25-17)9-14-5-2-6-24-14/h1-7,10,17H,8-9,11H2/t17-/m1/s1. The summed E-state index contributed by atoms with van der Waals surface area (Å²) in [7, 11) is 0. The molecule has 6 nitrogen and oxygen atoms in total. The van der Waals surface area contributed by atoms with Gasteiger partial charge in [-0.1, -0.05) is 28.9 Å². The molecule has 0 radical (unpaired) electrons. The summed E-state index contributed by atoms with van der Waals surface area (Å²) in [6, 6.07) is 11.3. The highest BCUT2D eigenvalue weighted by atomic mass is 35.5. The van der Waals surface area contributed by atoms with Gasteiger partial charge in [0.1, 0.15) is 16.8 Å². The molecule has 25 heavy (non-hydrogen) atoms. The molecule has 0 bridgehead atoms. The number of rotatable bonds is 5. The number of hydrogen-bond acceptors (Lipinski definition) is 5. The van der Waals surface area contributed by atoms with Gasteiger partial charge in [0.2, 0.25) is 5.91 Å². The van der Waals surface area contributed by atoms with Gasteiger partial charge in [-0.25, -0.2) is 4.68 Å². The lowest BCUT2D eigenvalue weighted by molar-refractivity contribution is -0.128. The first-order valence-corrected chi connectivity index (χ1v) is 9.19. The number of benzene rings is 1. The molecule has 128 valence electrons. The fourth-order valence-corrected chi connectivity index (χ4v) is 4.10. The summed E-state index contributed by atoms with van der Waals surface area (Å²) in [5.41, 5.74) is 1.82. The minimum atomic E-state index is -0.147. The van der Waals surface area contributed by atoms with E-state index in [4.69, 9.17) is 16.0 Å². The molecule has 0 saturated carbocycles. The van der Waals surface area contributed by atoms with Gasteiger partial charge in [-0.15, -0.1) is 16.9 Å². The van der Waals surface area contributed by atoms with Gasteiger partial charge in [0.05, 0.1) is 31.3 Å². The summed E-state index contributed by atoms with van der Waals surface area (Å²) in [6.45, 7) is 1.02. The van der Waals surface area contributed by atoms with Crippen molar-refractivity contribution in [2.24, 2.45) is 0 Å². The number of furan rings is 1. The van der Waals surface area contributed by atoms with E-state index in [0.29, 0.717) is 23.9 Å². The maximum absolute atomic E-state index is 12.2. The third kappa shape index (κ3) is 3.57. The van der Waals surface area contributed by atoms with Gasteiger partial charge in [0.25, 0.3) is 0 Å². The van der Waals surface area contributed by atoms with Crippen molar-refractivity contribution in [2.45, 2.75) is 18.5 Å². The van der Waals surface area contributed by atoms with E-state index in [0.717, 1.165) is 17.0 Å². The summed E-state index contributed by atoms with van der Waals surface area (Å²) in [5, 5.41) is 9.00. The monoisotopic (exact) mass is 374 g/mol. The summed E-state index contributed by atoms with van der Waals surface area (Å²) in [6.07, 6.45) is 3.49. The van der Waals surface area contributed by atoms with Gasteiger partial charge >= 0.3 is 0 Å². The SMILES string of the molecule is O=C1CS[C@H](c2cn(Cc3cccc(Cl)c3)nn2)N1Cc1ccco1. The lowest BCUT2D eigenvalue weighted by Gasteiger charge is -2.20. The quantitative estimate of drug-likeness (QED) is 0.685. The second-order valence-electron chi connectivity index (χ2n) is 5.74. The van der Waals surface area contributed by atoms with Crippen LogP contribution in [0.15, 0.2) is 53.3 Å². The zero-order valence-corrected chi connectivity index (χ0v) is 14.8. The van der Waals surface area contributed by atoms with E-state index < -0.39 is 0 Å². The van der Waals surface area contributed by atoms with E-state index in [1.165, 1.54) is 0 Å². The highest BCUT2D eigenvalue weighted by molar-refractivity contribution is 8.00. The van der Waals surface area contributed by atoms with E-state index >= 15 is 0 Å². The van der Waals surface area contributed by atoms with Crippen molar-refractivity contribution in [3.05, 3.63) is 70.9 Å². The highest BCUT2D eigenvalue weighted by Gasteiger charge is 2.35. The lowest BCUT2D eigenvalue weighted by Crippen LogP contribution is -2.27. The lowest BCUT2D eigenvalue weighted by atomic mass is 10.2. The van der Waals surface area contributed by atoms with Crippen LogP contribution in [-0.4, -0.2) is 31.6 Å². The number of halogens is 1. The van der Waals surface area contributed by atoms with Crippen LogP contribution in [0.4, 0.5) is 0 Å². The number of carbonyl (C=O) groups is 1. The fraction of sp³-hybridized carbons (Fsp3) is 0.235. The summed E-state index contributed by atoms with van der Waals surface area (Å²) in [5.74, 6) is 1.27. The second kappa shape index (κ2) is 6.93. The van der Waals surface area contributed by atoms with Crippen LogP contribution in [0.25, 0.3) is 0 Å². The normalized spacial score (nSPS) is 17.4. The predicted molar refractivity (Wildman–Crippen MR) is 95.0 cm³/mol. The van der Waals surface area contributed by atoms with Crippen molar-refractivity contribution in [2.75, 3.05) is 5.75 Å². The minimum Gasteiger partial charge on any atom is -0.467 e. The van der Waals surface area contributed by atoms with Gasteiger partial charge in [-0.05, 0) is 29.8 Å². The summed E-state index contributed by atoms with van der Waals surface area (Å²) < 4.78 is 7.13. The van der Waals surface area contributed by atoms with E-state index in [1.54, 1.807) is 27.6 Å². The van der Waals surface area contributed by atoms with Crippen LogP contribution in [0.3, 0.4) is 0 Å². The van der Waals surface area contributed by atoms with Crippen LogP contribution in [-0.2, 0) is 17.9 Å². The van der Waals surface area contributed by atoms with E-state index in [-0.39, 0.29) is 11.3 Å². The molecule has 1 saturated heterocycles. The fourth-order valence-electron chi connectivity index (χ4n) is 2.77. The maximum Gasteiger partial charge on any atom is 0.234 e. The average Bonchev–Trinajstić information content (AvgIpc) is 3.31. The molecule has 1 aliphatic heterocycles. The van der Waals surface area contributed by atoms with Crippen molar-refractivity contribution in [3.8, 4) is 0 Å². The number of hydrogen-bond donors (Lipinski definition) is 0. The Morgan fingerprint density at radius 2 is 2.20 bits per heavy atom. The molecule has 1 atom stereocenters. The van der Waals surface area contributed by atoms with Crippen molar-refractivity contribution in [1.82, 2.24) is 19.9 Å². The molecule has 0 unspecified atom stereocenters. The molecule has 4 rings (SSSR count). The molecule has 8 heteroatoms. The molecular weight excluding hydrogens is 360 g/mol. The van der Waals surface area contributed by atoms with Crippen LogP contribution >= 0.6 is 23.4 Å². The molecule has 3 aromatic rings. The highest BCUT2D eigenvalue weighted by Crippen LogP contribution is 2.38. The van der Waals surface area contributed by atoms with E-state index in [1.807, 2.05) is 42.6 Å². The molecule has 3 heterocycles. The molecule has 0 aliphatic carbocycles. The number of carbonyl (C=O) groups excluding carboxylic acids is 1. The molecule has 0 N–H and O–H groups in total. The van der Waals surface area contributed by atoms with E-state index in [9.17, 15) is 4.79 Å². The van der Waals surface area contributed by atoms with Gasteiger partial charge in [-0.3, -0.25) is 4.79 Å². The van der Waals surface area contributed by atoms with Crippen LogP contribution in [0.5, 0.6) is 0 Å². The third-order valence-electron chi connectivity index (χ3n) is 3.92. The molecule has 1 amide bonds. The Morgan fingerprint density at radius 1 is 1.28 bits per heavy atom. The van der Waals surface area contributed by atoms with Crippen LogP contribution in [0, 0.1) is 0 Å². The zero-order chi connectivity index (χ0) is 17.2. The van der Waals surface area contributed by atoms with Crippen molar-refractivity contribution >= 4 is 29.3 Å². The molecular formula is C17H15ClN4O2S.